The first-order valence-corrected chi connectivity index (χ1v) is 8.41. The summed E-state index contributed by atoms with van der Waals surface area (Å²) < 4.78 is 0. The quantitative estimate of drug-likeness (QED) is 0.565. The molecule has 2 aromatic rings. The number of benzene rings is 2. The van der Waals surface area contributed by atoms with Gasteiger partial charge in [-0.05, 0) is 31.9 Å². The van der Waals surface area contributed by atoms with Gasteiger partial charge >= 0.3 is 0 Å². The lowest BCUT2D eigenvalue weighted by atomic mass is 10.1. The van der Waals surface area contributed by atoms with E-state index in [2.05, 4.69) is 40.7 Å². The molecule has 0 fully saturated rings. The molecule has 0 aliphatic heterocycles. The first-order valence-electron chi connectivity index (χ1n) is 8.41. The van der Waals surface area contributed by atoms with Crippen LogP contribution in [0.1, 0.15) is 35.3 Å². The van der Waals surface area contributed by atoms with Gasteiger partial charge in [-0.1, -0.05) is 59.7 Å². The first-order chi connectivity index (χ1) is 11.6. The molecule has 1 unspecified atom stereocenters. The molecular weight excluding hydrogens is 298 g/mol. The van der Waals surface area contributed by atoms with E-state index in [1.165, 1.54) is 16.7 Å². The van der Waals surface area contributed by atoms with Crippen molar-refractivity contribution in [2.45, 2.75) is 33.4 Å². The minimum Gasteiger partial charge on any atom is -0.387 e. The van der Waals surface area contributed by atoms with Gasteiger partial charge in [-0.15, -0.1) is 0 Å². The summed E-state index contributed by atoms with van der Waals surface area (Å²) in [6.07, 6.45) is -0.562. The maximum atomic E-state index is 10.3. The molecule has 24 heavy (non-hydrogen) atoms. The Balaban J connectivity index is 1.94. The van der Waals surface area contributed by atoms with Gasteiger partial charge in [-0.2, -0.15) is 0 Å². The van der Waals surface area contributed by atoms with Crippen molar-refractivity contribution in [1.29, 1.82) is 0 Å². The second kappa shape index (κ2) is 9.08. The van der Waals surface area contributed by atoms with Crippen LogP contribution in [0, 0.1) is 13.8 Å². The molecule has 0 radical (unpaired) electrons. The number of nitrogens with zero attached hydrogens (tertiary/aromatic N) is 1. The third-order valence-electron chi connectivity index (χ3n) is 3.77. The highest BCUT2D eigenvalue weighted by Gasteiger charge is 2.08. The predicted molar refractivity (Wildman–Crippen MR) is 100 cm³/mol. The standard InChI is InChI=1S/C20H27N3O/c1-4-21-20(22-13-17-7-5-6-16(3)12-17)23-14-19(24)18-10-8-15(2)9-11-18/h5-12,19,24H,4,13-14H2,1-3H3,(H2,21,22,23). The molecule has 0 heterocycles. The number of aliphatic hydroxyl groups excluding tert-OH is 1. The fraction of sp³-hybridized carbons (Fsp3) is 0.350. The van der Waals surface area contributed by atoms with Crippen molar-refractivity contribution in [1.82, 2.24) is 10.6 Å². The number of nitrogens with one attached hydrogen (secondary N) is 2. The summed E-state index contributed by atoms with van der Waals surface area (Å²) in [5.74, 6) is 0.713. The van der Waals surface area contributed by atoms with E-state index in [1.54, 1.807) is 0 Å². The Kier molecular flexibility index (Phi) is 6.82. The van der Waals surface area contributed by atoms with E-state index in [0.717, 1.165) is 12.1 Å². The molecule has 3 N–H and O–H groups in total. The van der Waals surface area contributed by atoms with E-state index in [9.17, 15) is 5.11 Å². The van der Waals surface area contributed by atoms with Gasteiger partial charge in [0.05, 0.1) is 12.6 Å². The van der Waals surface area contributed by atoms with Crippen molar-refractivity contribution < 1.29 is 5.11 Å². The molecule has 0 amide bonds. The van der Waals surface area contributed by atoms with Crippen LogP contribution in [0.2, 0.25) is 0 Å². The predicted octanol–water partition coefficient (Wildman–Crippen LogP) is 3.09. The van der Waals surface area contributed by atoms with E-state index >= 15 is 0 Å². The minimum absolute atomic E-state index is 0.419. The maximum absolute atomic E-state index is 10.3. The third kappa shape index (κ3) is 5.70. The zero-order chi connectivity index (χ0) is 17.4. The summed E-state index contributed by atoms with van der Waals surface area (Å²) in [4.78, 5) is 4.59. The van der Waals surface area contributed by atoms with Crippen LogP contribution in [-0.4, -0.2) is 24.2 Å². The highest BCUT2D eigenvalue weighted by atomic mass is 16.3. The molecule has 0 saturated heterocycles. The summed E-state index contributed by atoms with van der Waals surface area (Å²) in [5, 5.41) is 16.7. The fourth-order valence-electron chi connectivity index (χ4n) is 2.42. The fourth-order valence-corrected chi connectivity index (χ4v) is 2.42. The number of guanidine groups is 1. The number of hydrogen-bond acceptors (Lipinski definition) is 2. The van der Waals surface area contributed by atoms with Crippen LogP contribution in [0.25, 0.3) is 0 Å². The summed E-state index contributed by atoms with van der Waals surface area (Å²) in [6.45, 7) is 7.95. The number of aliphatic imine (C=N–C) groups is 1. The van der Waals surface area contributed by atoms with Crippen molar-refractivity contribution in [2.24, 2.45) is 4.99 Å². The molecule has 0 aliphatic carbocycles. The van der Waals surface area contributed by atoms with Crippen molar-refractivity contribution in [3.05, 3.63) is 70.8 Å². The lowest BCUT2D eigenvalue weighted by Gasteiger charge is -2.16. The summed E-state index contributed by atoms with van der Waals surface area (Å²) in [5.41, 5.74) is 4.50. The number of hydrogen-bond donors (Lipinski definition) is 3. The van der Waals surface area contributed by atoms with Crippen LogP contribution in [0.3, 0.4) is 0 Å². The molecule has 1 atom stereocenters. The monoisotopic (exact) mass is 325 g/mol. The molecule has 4 heteroatoms. The zero-order valence-electron chi connectivity index (χ0n) is 14.7. The van der Waals surface area contributed by atoms with Gasteiger partial charge < -0.3 is 15.7 Å². The Hall–Kier alpha value is -2.33. The van der Waals surface area contributed by atoms with Gasteiger partial charge in [0, 0.05) is 13.1 Å². The molecule has 2 rings (SSSR count). The highest BCUT2D eigenvalue weighted by molar-refractivity contribution is 5.79. The van der Waals surface area contributed by atoms with Gasteiger partial charge in [0.15, 0.2) is 5.96 Å². The van der Waals surface area contributed by atoms with E-state index in [-0.39, 0.29) is 0 Å². The minimum atomic E-state index is -0.562. The summed E-state index contributed by atoms with van der Waals surface area (Å²) in [6, 6.07) is 16.3. The number of aliphatic hydroxyl groups is 1. The van der Waals surface area contributed by atoms with Crippen LogP contribution < -0.4 is 10.6 Å². The SMILES string of the molecule is CCNC(=NCc1cccc(C)c1)NCC(O)c1ccc(C)cc1. The van der Waals surface area contributed by atoms with Crippen LogP contribution in [0.5, 0.6) is 0 Å². The van der Waals surface area contributed by atoms with Crippen molar-refractivity contribution in [2.75, 3.05) is 13.1 Å². The Morgan fingerprint density at radius 2 is 1.79 bits per heavy atom. The number of aryl methyl sites for hydroxylation is 2. The molecule has 128 valence electrons. The Morgan fingerprint density at radius 1 is 1.04 bits per heavy atom. The highest BCUT2D eigenvalue weighted by Crippen LogP contribution is 2.12. The van der Waals surface area contributed by atoms with Gasteiger partial charge in [0.1, 0.15) is 0 Å². The summed E-state index contributed by atoms with van der Waals surface area (Å²) >= 11 is 0. The zero-order valence-corrected chi connectivity index (χ0v) is 14.7. The Morgan fingerprint density at radius 3 is 2.46 bits per heavy atom. The van der Waals surface area contributed by atoms with Crippen LogP contribution in [-0.2, 0) is 6.54 Å². The largest absolute Gasteiger partial charge is 0.387 e. The van der Waals surface area contributed by atoms with E-state index in [0.29, 0.717) is 19.0 Å². The van der Waals surface area contributed by atoms with Crippen molar-refractivity contribution in [3.63, 3.8) is 0 Å². The van der Waals surface area contributed by atoms with Crippen molar-refractivity contribution in [3.8, 4) is 0 Å². The molecule has 0 aliphatic rings. The first kappa shape index (κ1) is 18.0. The van der Waals surface area contributed by atoms with E-state index in [1.807, 2.05) is 44.2 Å². The van der Waals surface area contributed by atoms with E-state index < -0.39 is 6.10 Å². The topological polar surface area (TPSA) is 56.7 Å². The third-order valence-corrected chi connectivity index (χ3v) is 3.77. The van der Waals surface area contributed by atoms with Gasteiger partial charge in [-0.3, -0.25) is 0 Å². The van der Waals surface area contributed by atoms with Gasteiger partial charge in [-0.25, -0.2) is 4.99 Å². The normalized spacial score (nSPS) is 12.8. The van der Waals surface area contributed by atoms with E-state index in [4.69, 9.17) is 0 Å². The number of rotatable bonds is 6. The lowest BCUT2D eigenvalue weighted by Crippen LogP contribution is -2.39. The van der Waals surface area contributed by atoms with Crippen LogP contribution in [0.4, 0.5) is 0 Å². The van der Waals surface area contributed by atoms with Gasteiger partial charge in [0.25, 0.3) is 0 Å². The average Bonchev–Trinajstić information content (AvgIpc) is 2.58. The van der Waals surface area contributed by atoms with Crippen molar-refractivity contribution >= 4 is 5.96 Å². The lowest BCUT2D eigenvalue weighted by molar-refractivity contribution is 0.181. The Labute approximate surface area is 144 Å². The maximum Gasteiger partial charge on any atom is 0.191 e. The molecule has 4 nitrogen and oxygen atoms in total. The summed E-state index contributed by atoms with van der Waals surface area (Å²) in [7, 11) is 0. The van der Waals surface area contributed by atoms with Crippen LogP contribution in [0.15, 0.2) is 53.5 Å². The molecule has 0 aromatic heterocycles. The van der Waals surface area contributed by atoms with Crippen LogP contribution >= 0.6 is 0 Å². The van der Waals surface area contributed by atoms with Gasteiger partial charge in [0.2, 0.25) is 0 Å². The molecule has 0 saturated carbocycles. The Bertz CT molecular complexity index is 665. The smallest absolute Gasteiger partial charge is 0.191 e. The molecule has 0 bridgehead atoms. The molecule has 0 spiro atoms. The molecular formula is C20H27N3O. The average molecular weight is 325 g/mol. The second-order valence-electron chi connectivity index (χ2n) is 5.99. The second-order valence-corrected chi connectivity index (χ2v) is 5.99. The molecule has 2 aromatic carbocycles.